The van der Waals surface area contributed by atoms with Crippen molar-refractivity contribution in [3.8, 4) is 11.5 Å². The van der Waals surface area contributed by atoms with Gasteiger partial charge in [0.1, 0.15) is 18.1 Å². The van der Waals surface area contributed by atoms with E-state index in [9.17, 15) is 9.59 Å². The maximum absolute atomic E-state index is 13.8. The van der Waals surface area contributed by atoms with E-state index in [4.69, 9.17) is 19.2 Å². The quantitative estimate of drug-likeness (QED) is 0.268. The Kier molecular flexibility index (Phi) is 8.91. The number of allylic oxidation sites excluding steroid dienone is 1. The Balaban J connectivity index is 1.29. The van der Waals surface area contributed by atoms with Gasteiger partial charge in [-0.25, -0.2) is 9.79 Å². The van der Waals surface area contributed by atoms with Crippen LogP contribution in [0.25, 0.3) is 0 Å². The number of fused-ring (bicyclic) bond motifs is 1. The van der Waals surface area contributed by atoms with Crippen LogP contribution in [0.2, 0.25) is 0 Å². The topological polar surface area (TPSA) is 89.5 Å². The van der Waals surface area contributed by atoms with E-state index < -0.39 is 12.0 Å². The SMILES string of the molecule is CC1=C(C(=O)OCc2ccccc2)C(c2cccc(Oc3ccccc3)c2)N2C(CC(=O)NCC3CCCO3)=CSC2=N1. The molecule has 3 aromatic carbocycles. The molecular formula is C34H33N3O5S. The van der Waals surface area contributed by atoms with Crippen LogP contribution in [0.3, 0.4) is 0 Å². The Morgan fingerprint density at radius 3 is 2.56 bits per heavy atom. The van der Waals surface area contributed by atoms with E-state index in [1.807, 2.05) is 102 Å². The number of nitrogens with one attached hydrogen (secondary N) is 1. The molecule has 0 aliphatic carbocycles. The van der Waals surface area contributed by atoms with E-state index in [-0.39, 0.29) is 25.0 Å². The first-order valence-electron chi connectivity index (χ1n) is 14.4. The predicted octanol–water partition coefficient (Wildman–Crippen LogP) is 6.48. The van der Waals surface area contributed by atoms with Crippen LogP contribution in [0.5, 0.6) is 11.5 Å². The van der Waals surface area contributed by atoms with E-state index in [0.717, 1.165) is 36.3 Å². The number of nitrogens with zero attached hydrogens (tertiary/aromatic N) is 2. The molecule has 0 bridgehead atoms. The van der Waals surface area contributed by atoms with Gasteiger partial charge in [-0.3, -0.25) is 4.79 Å². The molecule has 6 rings (SSSR count). The van der Waals surface area contributed by atoms with E-state index in [0.29, 0.717) is 34.5 Å². The lowest BCUT2D eigenvalue weighted by atomic mass is 9.93. The number of thioether (sulfide) groups is 1. The number of amides is 1. The Bertz CT molecular complexity index is 1570. The van der Waals surface area contributed by atoms with Crippen molar-refractivity contribution in [3.63, 3.8) is 0 Å². The molecule has 1 saturated heterocycles. The predicted molar refractivity (Wildman–Crippen MR) is 166 cm³/mol. The zero-order valence-electron chi connectivity index (χ0n) is 23.9. The molecule has 2 atom stereocenters. The fourth-order valence-corrected chi connectivity index (χ4v) is 6.34. The van der Waals surface area contributed by atoms with E-state index >= 15 is 0 Å². The molecular weight excluding hydrogens is 562 g/mol. The van der Waals surface area contributed by atoms with Gasteiger partial charge in [0, 0.05) is 18.8 Å². The van der Waals surface area contributed by atoms with Crippen LogP contribution in [0, 0.1) is 0 Å². The molecule has 3 aromatic rings. The van der Waals surface area contributed by atoms with E-state index in [1.54, 1.807) is 0 Å². The van der Waals surface area contributed by atoms with Gasteiger partial charge in [0.25, 0.3) is 0 Å². The summed E-state index contributed by atoms with van der Waals surface area (Å²) in [6.45, 7) is 3.19. The molecule has 2 unspecified atom stereocenters. The number of para-hydroxylation sites is 1. The summed E-state index contributed by atoms with van der Waals surface area (Å²) in [5.41, 5.74) is 3.47. The molecule has 43 heavy (non-hydrogen) atoms. The molecule has 0 aromatic heterocycles. The lowest BCUT2D eigenvalue weighted by Crippen LogP contribution is -2.38. The van der Waals surface area contributed by atoms with Gasteiger partial charge in [0.2, 0.25) is 5.91 Å². The molecule has 3 aliphatic rings. The summed E-state index contributed by atoms with van der Waals surface area (Å²) in [7, 11) is 0. The van der Waals surface area contributed by atoms with Gasteiger partial charge >= 0.3 is 5.97 Å². The van der Waals surface area contributed by atoms with Crippen LogP contribution in [0.15, 0.2) is 112 Å². The highest BCUT2D eigenvalue weighted by Crippen LogP contribution is 2.45. The highest BCUT2D eigenvalue weighted by Gasteiger charge is 2.41. The van der Waals surface area contributed by atoms with Crippen molar-refractivity contribution >= 4 is 28.8 Å². The fourth-order valence-electron chi connectivity index (χ4n) is 5.38. The summed E-state index contributed by atoms with van der Waals surface area (Å²) in [6, 6.07) is 26.2. The summed E-state index contributed by atoms with van der Waals surface area (Å²) >= 11 is 1.44. The number of esters is 1. The second kappa shape index (κ2) is 13.3. The molecule has 0 radical (unpaired) electrons. The van der Waals surface area contributed by atoms with Gasteiger partial charge < -0.3 is 24.4 Å². The maximum Gasteiger partial charge on any atom is 0.338 e. The lowest BCUT2D eigenvalue weighted by molar-refractivity contribution is -0.141. The Labute approximate surface area is 255 Å². The van der Waals surface area contributed by atoms with Gasteiger partial charge in [0.15, 0.2) is 5.17 Å². The molecule has 8 nitrogen and oxygen atoms in total. The molecule has 9 heteroatoms. The van der Waals surface area contributed by atoms with Gasteiger partial charge in [-0.1, -0.05) is 72.4 Å². The average molecular weight is 596 g/mol. The van der Waals surface area contributed by atoms with Gasteiger partial charge in [-0.2, -0.15) is 0 Å². The summed E-state index contributed by atoms with van der Waals surface area (Å²) in [5, 5.41) is 5.66. The Morgan fingerprint density at radius 1 is 1.02 bits per heavy atom. The van der Waals surface area contributed by atoms with E-state index in [1.165, 1.54) is 11.8 Å². The van der Waals surface area contributed by atoms with Crippen molar-refractivity contribution < 1.29 is 23.8 Å². The third-order valence-electron chi connectivity index (χ3n) is 7.48. The minimum Gasteiger partial charge on any atom is -0.457 e. The number of aliphatic imine (C=N–C) groups is 1. The first-order chi connectivity index (χ1) is 21.0. The van der Waals surface area contributed by atoms with Crippen LogP contribution >= 0.6 is 11.8 Å². The summed E-state index contributed by atoms with van der Waals surface area (Å²) < 4.78 is 17.6. The maximum atomic E-state index is 13.8. The number of carbonyl (C=O) groups is 2. The van der Waals surface area contributed by atoms with Crippen LogP contribution in [-0.4, -0.2) is 41.2 Å². The zero-order chi connectivity index (χ0) is 29.6. The number of amidine groups is 1. The van der Waals surface area contributed by atoms with Crippen molar-refractivity contribution in [2.75, 3.05) is 13.2 Å². The third kappa shape index (κ3) is 6.84. The van der Waals surface area contributed by atoms with Crippen LogP contribution in [0.1, 0.15) is 43.4 Å². The van der Waals surface area contributed by atoms with Crippen LogP contribution in [-0.2, 0) is 25.7 Å². The van der Waals surface area contributed by atoms with Crippen molar-refractivity contribution in [1.29, 1.82) is 0 Å². The summed E-state index contributed by atoms with van der Waals surface area (Å²) in [5.74, 6) is 0.778. The minimum atomic E-state index is -0.567. The lowest BCUT2D eigenvalue weighted by Gasteiger charge is -2.36. The van der Waals surface area contributed by atoms with Crippen molar-refractivity contribution in [2.24, 2.45) is 4.99 Å². The van der Waals surface area contributed by atoms with Crippen molar-refractivity contribution in [3.05, 3.63) is 118 Å². The third-order valence-corrected chi connectivity index (χ3v) is 8.37. The molecule has 0 spiro atoms. The number of ether oxygens (including phenoxy) is 3. The summed E-state index contributed by atoms with van der Waals surface area (Å²) in [6.07, 6.45) is 2.16. The van der Waals surface area contributed by atoms with Crippen molar-refractivity contribution in [1.82, 2.24) is 10.2 Å². The van der Waals surface area contributed by atoms with Gasteiger partial charge in [-0.05, 0) is 60.6 Å². The second-order valence-corrected chi connectivity index (χ2v) is 11.4. The number of rotatable bonds is 10. The largest absolute Gasteiger partial charge is 0.457 e. The fraction of sp³-hybridized carbons (Fsp3) is 0.265. The smallest absolute Gasteiger partial charge is 0.338 e. The number of hydrogen-bond acceptors (Lipinski definition) is 8. The normalized spacial score (nSPS) is 19.4. The van der Waals surface area contributed by atoms with Crippen molar-refractivity contribution in [2.45, 2.75) is 44.9 Å². The van der Waals surface area contributed by atoms with Crippen LogP contribution in [0.4, 0.5) is 0 Å². The highest BCUT2D eigenvalue weighted by molar-refractivity contribution is 8.16. The molecule has 1 N–H and O–H groups in total. The number of hydrogen-bond donors (Lipinski definition) is 1. The monoisotopic (exact) mass is 595 g/mol. The van der Waals surface area contributed by atoms with Gasteiger partial charge in [0.05, 0.1) is 29.8 Å². The zero-order valence-corrected chi connectivity index (χ0v) is 24.7. The molecule has 220 valence electrons. The molecule has 0 saturated carbocycles. The van der Waals surface area contributed by atoms with Crippen LogP contribution < -0.4 is 10.1 Å². The first-order valence-corrected chi connectivity index (χ1v) is 15.3. The molecule has 3 heterocycles. The minimum absolute atomic E-state index is 0.0552. The molecule has 1 amide bonds. The average Bonchev–Trinajstić information content (AvgIpc) is 3.69. The standard InChI is InChI=1S/C34H33N3O5S/c1-23-31(33(39)41-21-24-10-4-2-5-11-24)32(25-12-8-15-28(18-25)42-27-13-6-3-7-14-27)37-26(22-43-34(37)36-23)19-30(38)35-20-29-16-9-17-40-29/h2-8,10-15,18,22,29,32H,9,16-17,19-21H2,1H3,(H,35,38). The van der Waals surface area contributed by atoms with Gasteiger partial charge in [-0.15, -0.1) is 0 Å². The molecule has 1 fully saturated rings. The highest BCUT2D eigenvalue weighted by atomic mass is 32.2. The molecule has 3 aliphatic heterocycles. The summed E-state index contributed by atoms with van der Waals surface area (Å²) in [4.78, 5) is 33.6. The first kappa shape index (κ1) is 28.8. The Hall–Kier alpha value is -4.34. The Morgan fingerprint density at radius 2 is 1.79 bits per heavy atom. The number of carbonyl (C=O) groups excluding carboxylic acids is 2. The number of benzene rings is 3. The van der Waals surface area contributed by atoms with E-state index in [2.05, 4.69) is 5.32 Å². The second-order valence-electron chi connectivity index (χ2n) is 10.6.